The summed E-state index contributed by atoms with van der Waals surface area (Å²) in [6, 6.07) is 25.5. The quantitative estimate of drug-likeness (QED) is 0.534. The SMILES string of the molecule is C=CC[C@@H]1[C@H]2C3c4ccccc4C(c4ccccc43)[C@H]2C(=O)N1c1ccc(OC)cc1. The summed E-state index contributed by atoms with van der Waals surface area (Å²) in [5.41, 5.74) is 6.39. The minimum atomic E-state index is -0.0400. The van der Waals surface area contributed by atoms with Crippen LogP contribution in [0.3, 0.4) is 0 Å². The summed E-state index contributed by atoms with van der Waals surface area (Å²) in [6.07, 6.45) is 2.75. The van der Waals surface area contributed by atoms with Gasteiger partial charge in [0.15, 0.2) is 0 Å². The van der Waals surface area contributed by atoms with Crippen molar-refractivity contribution in [3.8, 4) is 5.75 Å². The average Bonchev–Trinajstić information content (AvgIpc) is 3.11. The van der Waals surface area contributed by atoms with Crippen molar-refractivity contribution in [3.05, 3.63) is 108 Å². The van der Waals surface area contributed by atoms with Crippen LogP contribution in [0.15, 0.2) is 85.5 Å². The predicted molar refractivity (Wildman–Crippen MR) is 123 cm³/mol. The van der Waals surface area contributed by atoms with E-state index in [0.717, 1.165) is 17.9 Å². The van der Waals surface area contributed by atoms with E-state index < -0.39 is 0 Å². The van der Waals surface area contributed by atoms with Gasteiger partial charge in [-0.25, -0.2) is 0 Å². The third kappa shape index (κ3) is 2.43. The van der Waals surface area contributed by atoms with E-state index in [1.165, 1.54) is 22.3 Å². The van der Waals surface area contributed by atoms with Crippen molar-refractivity contribution in [2.45, 2.75) is 24.3 Å². The number of amides is 1. The van der Waals surface area contributed by atoms with Gasteiger partial charge in [-0.15, -0.1) is 6.58 Å². The molecule has 1 amide bonds. The minimum Gasteiger partial charge on any atom is -0.497 e. The summed E-state index contributed by atoms with van der Waals surface area (Å²) >= 11 is 0. The minimum absolute atomic E-state index is 0.0400. The van der Waals surface area contributed by atoms with Gasteiger partial charge >= 0.3 is 0 Å². The molecular formula is C28H25NO2. The maximum absolute atomic E-state index is 14.0. The Hall–Kier alpha value is -3.33. The number of benzene rings is 3. The molecule has 3 heteroatoms. The van der Waals surface area contributed by atoms with Crippen LogP contribution in [0.4, 0.5) is 5.69 Å². The van der Waals surface area contributed by atoms with Crippen LogP contribution in [0.2, 0.25) is 0 Å². The highest BCUT2D eigenvalue weighted by atomic mass is 16.5. The molecular weight excluding hydrogens is 382 g/mol. The molecule has 7 rings (SSSR count). The topological polar surface area (TPSA) is 29.5 Å². The molecule has 4 aliphatic rings. The average molecular weight is 408 g/mol. The van der Waals surface area contributed by atoms with Gasteiger partial charge in [-0.1, -0.05) is 54.6 Å². The van der Waals surface area contributed by atoms with Crippen molar-refractivity contribution >= 4 is 11.6 Å². The van der Waals surface area contributed by atoms with Crippen molar-refractivity contribution in [2.24, 2.45) is 11.8 Å². The van der Waals surface area contributed by atoms with Crippen LogP contribution in [0.25, 0.3) is 0 Å². The maximum Gasteiger partial charge on any atom is 0.231 e. The Bertz CT molecular complexity index is 1130. The Kier molecular flexibility index (Phi) is 4.07. The van der Waals surface area contributed by atoms with Gasteiger partial charge in [0.1, 0.15) is 5.75 Å². The van der Waals surface area contributed by atoms with Crippen LogP contribution in [0.5, 0.6) is 5.75 Å². The van der Waals surface area contributed by atoms with Crippen LogP contribution in [-0.4, -0.2) is 19.1 Å². The van der Waals surface area contributed by atoms with Crippen molar-refractivity contribution < 1.29 is 9.53 Å². The fourth-order valence-corrected chi connectivity index (χ4v) is 6.48. The van der Waals surface area contributed by atoms with Gasteiger partial charge in [0.05, 0.1) is 13.0 Å². The second-order valence-corrected chi connectivity index (χ2v) is 8.81. The van der Waals surface area contributed by atoms with E-state index in [1.54, 1.807) is 7.11 Å². The lowest BCUT2D eigenvalue weighted by Crippen LogP contribution is -2.42. The van der Waals surface area contributed by atoms with Crippen LogP contribution in [0.1, 0.15) is 40.5 Å². The van der Waals surface area contributed by atoms with Crippen LogP contribution < -0.4 is 9.64 Å². The van der Waals surface area contributed by atoms with E-state index in [-0.39, 0.29) is 35.6 Å². The molecule has 3 aliphatic carbocycles. The standard InChI is InChI=1S/C28H25NO2/c1-3-8-23-26-24-19-9-4-6-11-21(19)25(22-12-7-5-10-20(22)24)27(26)28(30)29(23)17-13-15-18(31-2)16-14-17/h3-7,9-16,23-27H,1,8H2,2H3/t23-,24?,25?,26+,27-/m1/s1. The smallest absolute Gasteiger partial charge is 0.231 e. The molecule has 31 heavy (non-hydrogen) atoms. The molecule has 0 unspecified atom stereocenters. The maximum atomic E-state index is 14.0. The molecule has 154 valence electrons. The molecule has 2 bridgehead atoms. The van der Waals surface area contributed by atoms with Crippen molar-refractivity contribution in [1.82, 2.24) is 0 Å². The van der Waals surface area contributed by atoms with Gasteiger partial charge in [0.2, 0.25) is 5.91 Å². The molecule has 3 aromatic carbocycles. The van der Waals surface area contributed by atoms with Gasteiger partial charge in [0.25, 0.3) is 0 Å². The zero-order chi connectivity index (χ0) is 21.1. The Morgan fingerprint density at radius 2 is 1.42 bits per heavy atom. The van der Waals surface area contributed by atoms with E-state index in [0.29, 0.717) is 0 Å². The molecule has 0 radical (unpaired) electrons. The lowest BCUT2D eigenvalue weighted by molar-refractivity contribution is -0.121. The number of hydrogen-bond donors (Lipinski definition) is 0. The fraction of sp³-hybridized carbons (Fsp3) is 0.250. The first-order chi connectivity index (χ1) is 15.2. The molecule has 0 N–H and O–H groups in total. The Morgan fingerprint density at radius 3 is 1.94 bits per heavy atom. The number of anilines is 1. The number of ether oxygens (including phenoxy) is 1. The van der Waals surface area contributed by atoms with Gasteiger partial charge < -0.3 is 9.64 Å². The van der Waals surface area contributed by atoms with E-state index in [1.807, 2.05) is 35.2 Å². The largest absolute Gasteiger partial charge is 0.497 e. The number of hydrogen-bond acceptors (Lipinski definition) is 2. The second kappa shape index (κ2) is 6.84. The molecule has 1 fully saturated rings. The van der Waals surface area contributed by atoms with Crippen LogP contribution >= 0.6 is 0 Å². The lowest BCUT2D eigenvalue weighted by Gasteiger charge is -2.48. The monoisotopic (exact) mass is 407 g/mol. The summed E-state index contributed by atoms with van der Waals surface area (Å²) in [6.45, 7) is 4.04. The highest BCUT2D eigenvalue weighted by Crippen LogP contribution is 2.63. The zero-order valence-electron chi connectivity index (χ0n) is 17.6. The predicted octanol–water partition coefficient (Wildman–Crippen LogP) is 5.51. The van der Waals surface area contributed by atoms with Crippen molar-refractivity contribution in [3.63, 3.8) is 0 Å². The highest BCUT2D eigenvalue weighted by Gasteiger charge is 2.61. The number of nitrogens with zero attached hydrogens (tertiary/aromatic N) is 1. The molecule has 3 aromatic rings. The first-order valence-electron chi connectivity index (χ1n) is 11.0. The van der Waals surface area contributed by atoms with Crippen molar-refractivity contribution in [1.29, 1.82) is 0 Å². The third-order valence-corrected chi connectivity index (χ3v) is 7.55. The molecule has 3 atom stereocenters. The van der Waals surface area contributed by atoms with E-state index in [4.69, 9.17) is 4.74 Å². The van der Waals surface area contributed by atoms with Gasteiger partial charge in [-0.3, -0.25) is 4.79 Å². The molecule has 0 aromatic heterocycles. The molecule has 1 saturated heterocycles. The molecule has 1 heterocycles. The molecule has 0 spiro atoms. The Labute approximate surface area is 183 Å². The molecule has 0 saturated carbocycles. The molecule has 1 aliphatic heterocycles. The first kappa shape index (κ1) is 18.4. The van der Waals surface area contributed by atoms with Gasteiger partial charge in [-0.2, -0.15) is 0 Å². The van der Waals surface area contributed by atoms with Crippen LogP contribution in [-0.2, 0) is 4.79 Å². The summed E-state index contributed by atoms with van der Waals surface area (Å²) in [4.78, 5) is 16.1. The Balaban J connectivity index is 1.55. The van der Waals surface area contributed by atoms with Crippen LogP contribution in [0, 0.1) is 11.8 Å². The second-order valence-electron chi connectivity index (χ2n) is 8.81. The third-order valence-electron chi connectivity index (χ3n) is 7.55. The fourth-order valence-electron chi connectivity index (χ4n) is 6.48. The van der Waals surface area contributed by atoms with E-state index in [9.17, 15) is 4.79 Å². The number of methoxy groups -OCH3 is 1. The summed E-state index contributed by atoms with van der Waals surface area (Å²) in [5.74, 6) is 1.59. The van der Waals surface area contributed by atoms with Gasteiger partial charge in [0, 0.05) is 29.5 Å². The number of rotatable bonds is 4. The molecule has 3 nitrogen and oxygen atoms in total. The zero-order valence-corrected chi connectivity index (χ0v) is 17.6. The normalized spacial score (nSPS) is 27.5. The summed E-state index contributed by atoms with van der Waals surface area (Å²) in [7, 11) is 1.66. The first-order valence-corrected chi connectivity index (χ1v) is 11.0. The summed E-state index contributed by atoms with van der Waals surface area (Å²) < 4.78 is 5.34. The number of carbonyl (C=O) groups is 1. The Morgan fingerprint density at radius 1 is 0.871 bits per heavy atom. The van der Waals surface area contributed by atoms with Crippen molar-refractivity contribution in [2.75, 3.05) is 12.0 Å². The van der Waals surface area contributed by atoms with Gasteiger partial charge in [-0.05, 0) is 52.9 Å². The van der Waals surface area contributed by atoms with E-state index in [2.05, 4.69) is 55.1 Å². The summed E-state index contributed by atoms with van der Waals surface area (Å²) in [5, 5.41) is 0. The van der Waals surface area contributed by atoms with E-state index >= 15 is 0 Å². The number of carbonyl (C=O) groups excluding carboxylic acids is 1. The lowest BCUT2D eigenvalue weighted by atomic mass is 9.53. The highest BCUT2D eigenvalue weighted by molar-refractivity contribution is 6.00.